The molecule has 1 aromatic carbocycles. The summed E-state index contributed by atoms with van der Waals surface area (Å²) in [6.45, 7) is 0.429. The van der Waals surface area contributed by atoms with Gasteiger partial charge in [0.25, 0.3) is 0 Å². The zero-order chi connectivity index (χ0) is 14.3. The molecule has 19 heavy (non-hydrogen) atoms. The van der Waals surface area contributed by atoms with E-state index in [0.717, 1.165) is 0 Å². The molecule has 0 saturated carbocycles. The van der Waals surface area contributed by atoms with E-state index in [4.69, 9.17) is 14.6 Å². The van der Waals surface area contributed by atoms with E-state index >= 15 is 0 Å². The van der Waals surface area contributed by atoms with E-state index in [-0.39, 0.29) is 24.5 Å². The Morgan fingerprint density at radius 1 is 1.32 bits per heavy atom. The van der Waals surface area contributed by atoms with Crippen LogP contribution in [-0.4, -0.2) is 49.0 Å². The second-order valence-corrected chi connectivity index (χ2v) is 3.60. The van der Waals surface area contributed by atoms with Crippen molar-refractivity contribution in [1.29, 1.82) is 0 Å². The molecule has 104 valence electrons. The number of nitrogens with one attached hydrogen (secondary N) is 1. The van der Waals surface area contributed by atoms with Gasteiger partial charge in [-0.1, -0.05) is 6.07 Å². The number of rotatable bonds is 7. The molecule has 7 nitrogen and oxygen atoms in total. The summed E-state index contributed by atoms with van der Waals surface area (Å²) in [6.07, 6.45) is 0. The molecular formula is C12H15NO6. The average molecular weight is 269 g/mol. The molecule has 0 spiro atoms. The van der Waals surface area contributed by atoms with Gasteiger partial charge in [0.05, 0.1) is 18.9 Å². The summed E-state index contributed by atoms with van der Waals surface area (Å²) in [4.78, 5) is 22.3. The molecule has 0 saturated heterocycles. The number of aromatic carboxylic acids is 1. The lowest BCUT2D eigenvalue weighted by molar-refractivity contribution is -0.121. The predicted octanol–water partition coefficient (Wildman–Crippen LogP) is 0.692. The van der Waals surface area contributed by atoms with Gasteiger partial charge in [-0.2, -0.15) is 0 Å². The molecule has 0 aliphatic heterocycles. The highest BCUT2D eigenvalue weighted by atomic mass is 16.5. The van der Waals surface area contributed by atoms with Crippen molar-refractivity contribution in [2.75, 3.05) is 32.2 Å². The van der Waals surface area contributed by atoms with E-state index in [1.165, 1.54) is 25.3 Å². The number of carbonyl (C=O) groups is 2. The van der Waals surface area contributed by atoms with Crippen molar-refractivity contribution >= 4 is 17.6 Å². The minimum absolute atomic E-state index is 0.0280. The molecule has 7 heteroatoms. The normalized spacial score (nSPS) is 10.2. The molecule has 0 aliphatic carbocycles. The molecule has 0 heterocycles. The van der Waals surface area contributed by atoms with Crippen molar-refractivity contribution in [2.45, 2.75) is 0 Å². The number of amides is 1. The fraction of sp³-hybridized carbons (Fsp3) is 0.333. The van der Waals surface area contributed by atoms with Gasteiger partial charge in [0.2, 0.25) is 5.91 Å². The first-order valence-corrected chi connectivity index (χ1v) is 5.48. The summed E-state index contributed by atoms with van der Waals surface area (Å²) in [5.74, 6) is -2.25. The molecule has 0 atom stereocenters. The summed E-state index contributed by atoms with van der Waals surface area (Å²) in [6, 6.07) is 4.06. The summed E-state index contributed by atoms with van der Waals surface area (Å²) in [7, 11) is 1.51. The second-order valence-electron chi connectivity index (χ2n) is 3.60. The standard InChI is InChI=1S/C12H15NO6/c1-18-5-6-19-7-10(14)13-9-4-2-3-8(11(9)15)12(16)17/h2-4,15H,5-7H2,1H3,(H,13,14)(H,16,17). The number of benzene rings is 1. The monoisotopic (exact) mass is 269 g/mol. The minimum Gasteiger partial charge on any atom is -0.505 e. The Morgan fingerprint density at radius 3 is 2.68 bits per heavy atom. The van der Waals surface area contributed by atoms with Crippen LogP contribution in [0.2, 0.25) is 0 Å². The number of aromatic hydroxyl groups is 1. The van der Waals surface area contributed by atoms with Gasteiger partial charge in [-0.25, -0.2) is 4.79 Å². The number of phenols is 1. The van der Waals surface area contributed by atoms with Crippen LogP contribution < -0.4 is 5.32 Å². The number of methoxy groups -OCH3 is 1. The fourth-order valence-electron chi connectivity index (χ4n) is 1.31. The van der Waals surface area contributed by atoms with Gasteiger partial charge >= 0.3 is 5.97 Å². The Hall–Kier alpha value is -2.12. The lowest BCUT2D eigenvalue weighted by atomic mass is 10.1. The highest BCUT2D eigenvalue weighted by Crippen LogP contribution is 2.27. The van der Waals surface area contributed by atoms with Crippen molar-refractivity contribution in [1.82, 2.24) is 0 Å². The van der Waals surface area contributed by atoms with E-state index < -0.39 is 17.6 Å². The smallest absolute Gasteiger partial charge is 0.339 e. The van der Waals surface area contributed by atoms with E-state index in [0.29, 0.717) is 6.61 Å². The van der Waals surface area contributed by atoms with Crippen molar-refractivity contribution in [3.05, 3.63) is 23.8 Å². The van der Waals surface area contributed by atoms with Gasteiger partial charge < -0.3 is 25.0 Å². The summed E-state index contributed by atoms with van der Waals surface area (Å²) in [5, 5.41) is 20.8. The first-order valence-electron chi connectivity index (χ1n) is 5.48. The van der Waals surface area contributed by atoms with Crippen molar-refractivity contribution in [2.24, 2.45) is 0 Å². The van der Waals surface area contributed by atoms with Crippen LogP contribution in [-0.2, 0) is 14.3 Å². The maximum absolute atomic E-state index is 11.5. The number of carbonyl (C=O) groups excluding carboxylic acids is 1. The zero-order valence-electron chi connectivity index (χ0n) is 10.4. The SMILES string of the molecule is COCCOCC(=O)Nc1cccc(C(=O)O)c1O. The molecule has 0 fully saturated rings. The highest BCUT2D eigenvalue weighted by Gasteiger charge is 2.14. The van der Waals surface area contributed by atoms with Crippen LogP contribution in [0.1, 0.15) is 10.4 Å². The Balaban J connectivity index is 2.59. The molecule has 3 N–H and O–H groups in total. The number of anilines is 1. The van der Waals surface area contributed by atoms with Crippen LogP contribution in [0.5, 0.6) is 5.75 Å². The quantitative estimate of drug-likeness (QED) is 0.497. The van der Waals surface area contributed by atoms with Crippen molar-refractivity contribution in [3.8, 4) is 5.75 Å². The Morgan fingerprint density at radius 2 is 2.05 bits per heavy atom. The lowest BCUT2D eigenvalue weighted by Gasteiger charge is -2.09. The van der Waals surface area contributed by atoms with Crippen LogP contribution in [0.25, 0.3) is 0 Å². The predicted molar refractivity (Wildman–Crippen MR) is 66.4 cm³/mol. The third-order valence-electron chi connectivity index (χ3n) is 2.21. The molecule has 0 unspecified atom stereocenters. The molecule has 1 amide bonds. The number of carboxylic acid groups (broad SMARTS) is 1. The van der Waals surface area contributed by atoms with E-state index in [2.05, 4.69) is 5.32 Å². The maximum atomic E-state index is 11.5. The van der Waals surface area contributed by atoms with E-state index in [1.54, 1.807) is 0 Å². The summed E-state index contributed by atoms with van der Waals surface area (Å²) < 4.78 is 9.73. The van der Waals surface area contributed by atoms with Crippen LogP contribution in [0, 0.1) is 0 Å². The summed E-state index contributed by atoms with van der Waals surface area (Å²) >= 11 is 0. The molecule has 0 bridgehead atoms. The first-order chi connectivity index (χ1) is 9.06. The van der Waals surface area contributed by atoms with Crippen LogP contribution >= 0.6 is 0 Å². The van der Waals surface area contributed by atoms with Gasteiger partial charge in [-0.05, 0) is 12.1 Å². The number of carboxylic acids is 1. The van der Waals surface area contributed by atoms with Gasteiger partial charge in [-0.15, -0.1) is 0 Å². The van der Waals surface area contributed by atoms with Gasteiger partial charge in [0, 0.05) is 7.11 Å². The van der Waals surface area contributed by atoms with Gasteiger partial charge in [-0.3, -0.25) is 4.79 Å². The molecular weight excluding hydrogens is 254 g/mol. The molecule has 1 aromatic rings. The topological polar surface area (TPSA) is 105 Å². The zero-order valence-corrected chi connectivity index (χ0v) is 10.4. The third-order valence-corrected chi connectivity index (χ3v) is 2.21. The van der Waals surface area contributed by atoms with Crippen LogP contribution in [0.4, 0.5) is 5.69 Å². The number of hydrogen-bond donors (Lipinski definition) is 3. The van der Waals surface area contributed by atoms with Gasteiger partial charge in [0.15, 0.2) is 5.75 Å². The van der Waals surface area contributed by atoms with Gasteiger partial charge in [0.1, 0.15) is 12.2 Å². The largest absolute Gasteiger partial charge is 0.505 e. The maximum Gasteiger partial charge on any atom is 0.339 e. The molecule has 0 radical (unpaired) electrons. The highest BCUT2D eigenvalue weighted by molar-refractivity contribution is 5.98. The Bertz CT molecular complexity index is 460. The van der Waals surface area contributed by atoms with Crippen molar-refractivity contribution in [3.63, 3.8) is 0 Å². The van der Waals surface area contributed by atoms with Crippen LogP contribution in [0.3, 0.4) is 0 Å². The molecule has 0 aromatic heterocycles. The lowest BCUT2D eigenvalue weighted by Crippen LogP contribution is -2.20. The molecule has 1 rings (SSSR count). The minimum atomic E-state index is -1.27. The average Bonchev–Trinajstić information content (AvgIpc) is 2.37. The molecule has 0 aliphatic rings. The Labute approximate surface area is 109 Å². The van der Waals surface area contributed by atoms with E-state index in [9.17, 15) is 14.7 Å². The number of hydrogen-bond acceptors (Lipinski definition) is 5. The number of para-hydroxylation sites is 1. The Kier molecular flexibility index (Phi) is 5.77. The first kappa shape index (κ1) is 14.9. The van der Waals surface area contributed by atoms with Crippen LogP contribution in [0.15, 0.2) is 18.2 Å². The fourth-order valence-corrected chi connectivity index (χ4v) is 1.31. The van der Waals surface area contributed by atoms with Crippen molar-refractivity contribution < 1.29 is 29.3 Å². The summed E-state index contributed by atoms with van der Waals surface area (Å²) in [5.41, 5.74) is -0.252. The van der Waals surface area contributed by atoms with E-state index in [1.807, 2.05) is 0 Å². The third kappa shape index (κ3) is 4.57. The number of ether oxygens (including phenoxy) is 2. The second kappa shape index (κ2) is 7.34.